The number of nitrogens with one attached hydrogen (secondary N) is 3. The lowest BCUT2D eigenvalue weighted by Gasteiger charge is -2.14. The fourth-order valence-electron chi connectivity index (χ4n) is 3.10. The van der Waals surface area contributed by atoms with Crippen molar-refractivity contribution in [3.63, 3.8) is 0 Å². The lowest BCUT2D eigenvalue weighted by Crippen LogP contribution is -2.36. The highest BCUT2D eigenvalue weighted by atomic mass is 16.2. The van der Waals surface area contributed by atoms with Crippen LogP contribution in [0.3, 0.4) is 0 Å². The number of fused-ring (bicyclic) bond motifs is 1. The van der Waals surface area contributed by atoms with Gasteiger partial charge in [-0.3, -0.25) is 28.9 Å². The molecule has 3 rings (SSSR count). The van der Waals surface area contributed by atoms with E-state index in [0.29, 0.717) is 24.3 Å². The number of nitrogens with zero attached hydrogens (tertiary/aromatic N) is 3. The zero-order chi connectivity index (χ0) is 22.5. The number of pyridine rings is 2. The zero-order valence-corrected chi connectivity index (χ0v) is 17.6. The van der Waals surface area contributed by atoms with Crippen LogP contribution in [0.2, 0.25) is 0 Å². The van der Waals surface area contributed by atoms with E-state index in [1.807, 2.05) is 20.8 Å². The highest BCUT2D eigenvalue weighted by Gasteiger charge is 2.20. The summed E-state index contributed by atoms with van der Waals surface area (Å²) in [5.41, 5.74) is 0.0152. The molecule has 3 aromatic heterocycles. The van der Waals surface area contributed by atoms with Crippen molar-refractivity contribution in [3.8, 4) is 0 Å². The Balaban J connectivity index is 1.97. The Morgan fingerprint density at radius 3 is 2.68 bits per heavy atom. The van der Waals surface area contributed by atoms with Gasteiger partial charge in [-0.25, -0.2) is 9.78 Å². The molecule has 0 fully saturated rings. The van der Waals surface area contributed by atoms with Gasteiger partial charge in [-0.05, 0) is 30.5 Å². The maximum atomic E-state index is 12.9. The van der Waals surface area contributed by atoms with E-state index in [0.717, 1.165) is 0 Å². The summed E-state index contributed by atoms with van der Waals surface area (Å²) >= 11 is 0. The van der Waals surface area contributed by atoms with Crippen molar-refractivity contribution in [2.45, 2.75) is 39.7 Å². The molecule has 0 aromatic carbocycles. The quantitative estimate of drug-likeness (QED) is 0.524. The number of H-pyrrole nitrogens is 1. The molecule has 3 aromatic rings. The minimum absolute atomic E-state index is 0.0163. The van der Waals surface area contributed by atoms with Gasteiger partial charge < -0.3 is 10.6 Å². The number of amides is 2. The molecule has 0 bridgehead atoms. The third-order valence-electron chi connectivity index (χ3n) is 4.61. The van der Waals surface area contributed by atoms with Crippen molar-refractivity contribution in [1.29, 1.82) is 0 Å². The second-order valence-corrected chi connectivity index (χ2v) is 7.33. The van der Waals surface area contributed by atoms with Crippen LogP contribution >= 0.6 is 0 Å². The molecule has 0 saturated heterocycles. The van der Waals surface area contributed by atoms with Crippen molar-refractivity contribution in [1.82, 2.24) is 24.8 Å². The van der Waals surface area contributed by atoms with Gasteiger partial charge in [0, 0.05) is 18.4 Å². The number of hydrogen-bond donors (Lipinski definition) is 3. The van der Waals surface area contributed by atoms with Crippen LogP contribution in [0.5, 0.6) is 0 Å². The van der Waals surface area contributed by atoms with Crippen molar-refractivity contribution < 1.29 is 9.59 Å². The summed E-state index contributed by atoms with van der Waals surface area (Å²) in [7, 11) is 0. The van der Waals surface area contributed by atoms with Crippen molar-refractivity contribution >= 4 is 28.5 Å². The Labute approximate surface area is 177 Å². The molecule has 0 atom stereocenters. The molecule has 31 heavy (non-hydrogen) atoms. The van der Waals surface area contributed by atoms with Gasteiger partial charge in [0.15, 0.2) is 5.65 Å². The summed E-state index contributed by atoms with van der Waals surface area (Å²) in [5, 5.41) is 5.17. The van der Waals surface area contributed by atoms with Crippen LogP contribution in [0.15, 0.2) is 40.2 Å². The molecule has 10 nitrogen and oxygen atoms in total. The Morgan fingerprint density at radius 1 is 1.26 bits per heavy atom. The fraction of sp³-hybridized carbons (Fsp3) is 0.333. The van der Waals surface area contributed by atoms with Crippen molar-refractivity contribution in [2.24, 2.45) is 0 Å². The minimum Gasteiger partial charge on any atom is -0.343 e. The molecular formula is C21H24N6O4. The number of aromatic nitrogens is 4. The fourth-order valence-corrected chi connectivity index (χ4v) is 3.10. The molecule has 10 heteroatoms. The molecule has 0 radical (unpaired) electrons. The van der Waals surface area contributed by atoms with Gasteiger partial charge in [-0.15, -0.1) is 0 Å². The van der Waals surface area contributed by atoms with E-state index < -0.39 is 23.1 Å². The molecule has 0 aliphatic rings. The van der Waals surface area contributed by atoms with Gasteiger partial charge >= 0.3 is 5.69 Å². The van der Waals surface area contributed by atoms with E-state index >= 15 is 0 Å². The van der Waals surface area contributed by atoms with Crippen LogP contribution in [0.1, 0.15) is 49.2 Å². The first kappa shape index (κ1) is 21.9. The third-order valence-corrected chi connectivity index (χ3v) is 4.61. The van der Waals surface area contributed by atoms with Crippen LogP contribution in [-0.2, 0) is 11.3 Å². The molecule has 0 saturated carbocycles. The Bertz CT molecular complexity index is 1230. The summed E-state index contributed by atoms with van der Waals surface area (Å²) < 4.78 is 1.36. The maximum Gasteiger partial charge on any atom is 0.329 e. The number of hydrogen-bond acceptors (Lipinski definition) is 6. The predicted molar refractivity (Wildman–Crippen MR) is 116 cm³/mol. The van der Waals surface area contributed by atoms with E-state index in [9.17, 15) is 19.2 Å². The zero-order valence-electron chi connectivity index (χ0n) is 17.6. The topological polar surface area (TPSA) is 139 Å². The Kier molecular flexibility index (Phi) is 6.58. The van der Waals surface area contributed by atoms with Crippen LogP contribution in [-0.4, -0.2) is 37.9 Å². The first-order valence-corrected chi connectivity index (χ1v) is 9.97. The van der Waals surface area contributed by atoms with Crippen molar-refractivity contribution in [3.05, 3.63) is 62.7 Å². The lowest BCUT2D eigenvalue weighted by molar-refractivity contribution is -0.115. The normalized spacial score (nSPS) is 11.0. The third kappa shape index (κ3) is 4.85. The van der Waals surface area contributed by atoms with E-state index in [2.05, 4.69) is 25.6 Å². The number of carbonyl (C=O) groups excluding carboxylic acids is 2. The van der Waals surface area contributed by atoms with E-state index in [1.165, 1.54) is 16.8 Å². The first-order valence-electron chi connectivity index (χ1n) is 9.97. The van der Waals surface area contributed by atoms with Crippen LogP contribution in [0, 0.1) is 0 Å². The smallest absolute Gasteiger partial charge is 0.329 e. The molecule has 3 N–H and O–H groups in total. The molecule has 0 unspecified atom stereocenters. The molecule has 0 spiro atoms. The first-order chi connectivity index (χ1) is 14.8. The highest BCUT2D eigenvalue weighted by molar-refractivity contribution is 6.07. The lowest BCUT2D eigenvalue weighted by atomic mass is 10.0. The number of rotatable bonds is 7. The molecule has 0 aliphatic carbocycles. The number of carbonyl (C=O) groups is 2. The summed E-state index contributed by atoms with van der Waals surface area (Å²) in [6, 6.07) is 4.87. The molecule has 162 valence electrons. The van der Waals surface area contributed by atoms with E-state index in [4.69, 9.17) is 0 Å². The van der Waals surface area contributed by atoms with E-state index in [-0.39, 0.29) is 29.1 Å². The van der Waals surface area contributed by atoms with Crippen LogP contribution < -0.4 is 21.9 Å². The SMILES string of the molecule is CCCn1c(=O)[nH]c(=O)c2c(C(=O)NCC(=O)Nc3cccnc3)cc(C(C)C)nc21. The summed E-state index contributed by atoms with van der Waals surface area (Å²) in [5.74, 6) is -1.10. The van der Waals surface area contributed by atoms with Gasteiger partial charge in [0.2, 0.25) is 5.91 Å². The van der Waals surface area contributed by atoms with Gasteiger partial charge in [-0.2, -0.15) is 0 Å². The molecule has 3 heterocycles. The average Bonchev–Trinajstić information content (AvgIpc) is 2.74. The summed E-state index contributed by atoms with van der Waals surface area (Å²) in [4.78, 5) is 60.6. The maximum absolute atomic E-state index is 12.9. The number of anilines is 1. The second-order valence-electron chi connectivity index (χ2n) is 7.33. The van der Waals surface area contributed by atoms with Crippen molar-refractivity contribution in [2.75, 3.05) is 11.9 Å². The van der Waals surface area contributed by atoms with Gasteiger partial charge in [0.25, 0.3) is 11.5 Å². The number of aromatic amines is 1. The van der Waals surface area contributed by atoms with Gasteiger partial charge in [-0.1, -0.05) is 20.8 Å². The van der Waals surface area contributed by atoms with Gasteiger partial charge in [0.05, 0.1) is 29.4 Å². The van der Waals surface area contributed by atoms with Crippen LogP contribution in [0.4, 0.5) is 5.69 Å². The molecular weight excluding hydrogens is 400 g/mol. The molecule has 2 amide bonds. The summed E-state index contributed by atoms with van der Waals surface area (Å²) in [6.45, 7) is 5.72. The summed E-state index contributed by atoms with van der Waals surface area (Å²) in [6.07, 6.45) is 3.70. The molecule has 0 aliphatic heterocycles. The number of aryl methyl sites for hydroxylation is 1. The monoisotopic (exact) mass is 424 g/mol. The minimum atomic E-state index is -0.694. The highest BCUT2D eigenvalue weighted by Crippen LogP contribution is 2.19. The van der Waals surface area contributed by atoms with Gasteiger partial charge in [0.1, 0.15) is 0 Å². The standard InChI is InChI=1S/C21H24N6O4/c1-4-8-27-18-17(20(30)26-21(27)31)14(9-15(25-18)12(2)3)19(29)23-11-16(28)24-13-6-5-7-22-10-13/h5-7,9-10,12H,4,8,11H2,1-3H3,(H,23,29)(H,24,28)(H,26,30,31). The largest absolute Gasteiger partial charge is 0.343 e. The Morgan fingerprint density at radius 2 is 2.03 bits per heavy atom. The predicted octanol–water partition coefficient (Wildman–Crippen LogP) is 1.38. The van der Waals surface area contributed by atoms with Crippen LogP contribution in [0.25, 0.3) is 11.0 Å². The van der Waals surface area contributed by atoms with E-state index in [1.54, 1.807) is 18.3 Å². The second kappa shape index (κ2) is 9.33. The Hall–Kier alpha value is -3.82. The average molecular weight is 424 g/mol.